The molecule has 0 atom stereocenters. The number of aryl methyl sites for hydroxylation is 4. The second-order valence-electron chi connectivity index (χ2n) is 18.3. The van der Waals surface area contributed by atoms with E-state index < -0.39 is 0 Å². The molecule has 0 saturated carbocycles. The predicted octanol–water partition coefficient (Wildman–Crippen LogP) is 16.5. The number of benzene rings is 10. The Bertz CT molecular complexity index is 3280. The van der Waals surface area contributed by atoms with Crippen LogP contribution < -0.4 is 9.47 Å². The third-order valence-corrected chi connectivity index (χ3v) is 13.9. The summed E-state index contributed by atoms with van der Waals surface area (Å²) >= 11 is 0. The Hall–Kier alpha value is -7.16. The van der Waals surface area contributed by atoms with Crippen LogP contribution in [0, 0.1) is 27.7 Å². The molecule has 10 aromatic rings. The van der Waals surface area contributed by atoms with Crippen LogP contribution in [0.2, 0.25) is 0 Å². The monoisotopic (exact) mass is 814 g/mol. The van der Waals surface area contributed by atoms with Crippen LogP contribution in [-0.2, 0) is 5.41 Å². The van der Waals surface area contributed by atoms with Gasteiger partial charge in [-0.1, -0.05) is 157 Å². The van der Waals surface area contributed by atoms with E-state index in [1.165, 1.54) is 132 Å². The van der Waals surface area contributed by atoms with E-state index in [4.69, 9.17) is 9.47 Å². The number of hydrogen-bond donors (Lipinski definition) is 0. The molecule has 0 fully saturated rings. The molecule has 0 amide bonds. The van der Waals surface area contributed by atoms with Crippen LogP contribution in [-0.4, -0.2) is 14.2 Å². The molecule has 0 heterocycles. The first-order valence-corrected chi connectivity index (χ1v) is 22.0. The fraction of sp³-hybridized carbons (Fsp3) is 0.148. The van der Waals surface area contributed by atoms with Crippen LogP contribution in [0.25, 0.3) is 98.7 Å². The minimum Gasteiger partial charge on any atom is -0.497 e. The maximum Gasteiger partial charge on any atom is 0.118 e. The molecule has 2 heteroatoms. The van der Waals surface area contributed by atoms with Crippen LogP contribution >= 0.6 is 0 Å². The van der Waals surface area contributed by atoms with Crippen LogP contribution in [0.15, 0.2) is 158 Å². The van der Waals surface area contributed by atoms with Crippen molar-refractivity contribution >= 4 is 43.1 Å². The summed E-state index contributed by atoms with van der Waals surface area (Å²) in [5, 5.41) is 10.1. The summed E-state index contributed by atoms with van der Waals surface area (Å²) in [6.07, 6.45) is 0. The van der Waals surface area contributed by atoms with Gasteiger partial charge in [-0.15, -0.1) is 0 Å². The molecule has 63 heavy (non-hydrogen) atoms. The van der Waals surface area contributed by atoms with E-state index in [1.807, 2.05) is 0 Å². The van der Waals surface area contributed by atoms with Crippen molar-refractivity contribution in [3.63, 3.8) is 0 Å². The maximum absolute atomic E-state index is 5.56. The summed E-state index contributed by atoms with van der Waals surface area (Å²) < 4.78 is 11.1. The van der Waals surface area contributed by atoms with Gasteiger partial charge >= 0.3 is 0 Å². The zero-order chi connectivity index (χ0) is 43.3. The van der Waals surface area contributed by atoms with Gasteiger partial charge in [-0.05, 0) is 174 Å². The molecular formula is C61H50O2. The van der Waals surface area contributed by atoms with Gasteiger partial charge in [0, 0.05) is 5.41 Å². The van der Waals surface area contributed by atoms with Crippen molar-refractivity contribution in [2.75, 3.05) is 14.2 Å². The van der Waals surface area contributed by atoms with Crippen molar-refractivity contribution in [1.29, 1.82) is 0 Å². The minimum absolute atomic E-state index is 0.237. The number of ether oxygens (including phenoxy) is 2. The SMILES string of the molecule is COc1ccc(-c2c3ccc(C)cc3c(-c3ccc4c(c3)C(C)(C)c3cc(-c5c6ccc(C)cc6c(-c6ccc(OC)cc6)c6ccc(C)cc56)ccc3-4)c3ccc(C)cc23)cc1. The number of methoxy groups -OCH3 is 2. The van der Waals surface area contributed by atoms with Gasteiger partial charge in [0.15, 0.2) is 0 Å². The van der Waals surface area contributed by atoms with E-state index in [2.05, 4.69) is 199 Å². The molecule has 0 bridgehead atoms. The van der Waals surface area contributed by atoms with Crippen molar-refractivity contribution in [3.8, 4) is 67.1 Å². The normalized spacial score (nSPS) is 12.9. The van der Waals surface area contributed by atoms with Crippen molar-refractivity contribution in [3.05, 3.63) is 191 Å². The highest BCUT2D eigenvalue weighted by molar-refractivity contribution is 6.23. The van der Waals surface area contributed by atoms with Gasteiger partial charge in [0.2, 0.25) is 0 Å². The summed E-state index contributed by atoms with van der Waals surface area (Å²) in [7, 11) is 3.45. The van der Waals surface area contributed by atoms with Crippen LogP contribution in [0.1, 0.15) is 47.2 Å². The van der Waals surface area contributed by atoms with E-state index in [9.17, 15) is 0 Å². The molecule has 0 radical (unpaired) electrons. The topological polar surface area (TPSA) is 18.5 Å². The highest BCUT2D eigenvalue weighted by Gasteiger charge is 2.36. The first kappa shape index (κ1) is 38.7. The highest BCUT2D eigenvalue weighted by atomic mass is 16.5. The molecule has 0 spiro atoms. The maximum atomic E-state index is 5.56. The molecule has 0 N–H and O–H groups in total. The molecule has 1 aliphatic carbocycles. The lowest BCUT2D eigenvalue weighted by molar-refractivity contribution is 0.415. The number of fused-ring (bicyclic) bond motifs is 7. The molecule has 11 rings (SSSR count). The zero-order valence-corrected chi connectivity index (χ0v) is 37.3. The summed E-state index contributed by atoms with van der Waals surface area (Å²) in [5.74, 6) is 1.72. The molecule has 1 aliphatic rings. The van der Waals surface area contributed by atoms with E-state index >= 15 is 0 Å². The molecule has 0 saturated heterocycles. The fourth-order valence-electron chi connectivity index (χ4n) is 10.7. The fourth-order valence-corrected chi connectivity index (χ4v) is 10.7. The van der Waals surface area contributed by atoms with E-state index in [-0.39, 0.29) is 5.41 Å². The van der Waals surface area contributed by atoms with Crippen LogP contribution in [0.5, 0.6) is 11.5 Å². The van der Waals surface area contributed by atoms with Crippen LogP contribution in [0.3, 0.4) is 0 Å². The van der Waals surface area contributed by atoms with Gasteiger partial charge in [-0.25, -0.2) is 0 Å². The third kappa shape index (κ3) is 6.07. The minimum atomic E-state index is -0.237. The predicted molar refractivity (Wildman–Crippen MR) is 268 cm³/mol. The molecule has 0 unspecified atom stereocenters. The summed E-state index contributed by atoms with van der Waals surface area (Å²) in [6, 6.07) is 59.4. The van der Waals surface area contributed by atoms with E-state index in [0.717, 1.165) is 11.5 Å². The van der Waals surface area contributed by atoms with Gasteiger partial charge in [-0.2, -0.15) is 0 Å². The number of hydrogen-bond acceptors (Lipinski definition) is 2. The first-order valence-electron chi connectivity index (χ1n) is 22.0. The average molecular weight is 815 g/mol. The van der Waals surface area contributed by atoms with Crippen molar-refractivity contribution in [1.82, 2.24) is 0 Å². The molecule has 306 valence electrons. The lowest BCUT2D eigenvalue weighted by Crippen LogP contribution is -2.15. The standard InChI is InChI=1S/C61H50O2/c1-35-11-25-49-51(29-35)57(39-13-19-43(62-7)20-14-39)47-23-9-37(3)31-53(47)59(49)41-17-27-45-46-28-18-42(34-56(46)61(5,6)55(45)33-41)60-50-26-12-36(2)30-52(50)58(40-15-21-44(63-8)22-16-40)48-24-10-38(4)32-54(48)60/h9-34H,1-8H3. The summed E-state index contributed by atoms with van der Waals surface area (Å²) in [4.78, 5) is 0. The Morgan fingerprint density at radius 1 is 0.302 bits per heavy atom. The van der Waals surface area contributed by atoms with E-state index in [1.54, 1.807) is 14.2 Å². The quantitative estimate of drug-likeness (QED) is 0.156. The lowest BCUT2D eigenvalue weighted by atomic mass is 9.79. The van der Waals surface area contributed by atoms with Crippen LogP contribution in [0.4, 0.5) is 0 Å². The Morgan fingerprint density at radius 3 is 0.889 bits per heavy atom. The van der Waals surface area contributed by atoms with Crippen molar-refractivity contribution in [2.24, 2.45) is 0 Å². The third-order valence-electron chi connectivity index (χ3n) is 13.9. The average Bonchev–Trinajstić information content (AvgIpc) is 3.52. The smallest absolute Gasteiger partial charge is 0.118 e. The second kappa shape index (κ2) is 14.5. The molecule has 10 aromatic carbocycles. The number of rotatable bonds is 6. The van der Waals surface area contributed by atoms with Crippen molar-refractivity contribution < 1.29 is 9.47 Å². The van der Waals surface area contributed by atoms with Gasteiger partial charge in [0.1, 0.15) is 11.5 Å². The molecule has 2 nitrogen and oxygen atoms in total. The van der Waals surface area contributed by atoms with Gasteiger partial charge < -0.3 is 9.47 Å². The van der Waals surface area contributed by atoms with E-state index in [0.29, 0.717) is 0 Å². The Balaban J connectivity index is 1.10. The van der Waals surface area contributed by atoms with Gasteiger partial charge in [-0.3, -0.25) is 0 Å². The molecule has 0 aliphatic heterocycles. The Labute approximate surface area is 370 Å². The first-order chi connectivity index (χ1) is 30.5. The highest BCUT2D eigenvalue weighted by Crippen LogP contribution is 2.54. The summed E-state index contributed by atoms with van der Waals surface area (Å²) in [6.45, 7) is 13.6. The van der Waals surface area contributed by atoms with Crippen molar-refractivity contribution in [2.45, 2.75) is 47.0 Å². The van der Waals surface area contributed by atoms with Gasteiger partial charge in [0.25, 0.3) is 0 Å². The summed E-state index contributed by atoms with van der Waals surface area (Å²) in [5.41, 5.74) is 20.1. The lowest BCUT2D eigenvalue weighted by Gasteiger charge is -2.24. The van der Waals surface area contributed by atoms with Gasteiger partial charge in [0.05, 0.1) is 14.2 Å². The Morgan fingerprint density at radius 2 is 0.587 bits per heavy atom. The second-order valence-corrected chi connectivity index (χ2v) is 18.3. The largest absolute Gasteiger partial charge is 0.497 e. The Kier molecular flexibility index (Phi) is 8.89. The molecular weight excluding hydrogens is 765 g/mol. The zero-order valence-electron chi connectivity index (χ0n) is 37.3. The molecule has 0 aromatic heterocycles.